The summed E-state index contributed by atoms with van der Waals surface area (Å²) < 4.78 is 9.74. The van der Waals surface area contributed by atoms with Crippen molar-refractivity contribution in [3.63, 3.8) is 0 Å². The Labute approximate surface area is 209 Å². The minimum Gasteiger partial charge on any atom is -0.437 e. The average Bonchev–Trinajstić information content (AvgIpc) is 3.53. The fourth-order valence-electron chi connectivity index (χ4n) is 3.44. The molecule has 0 bridgehead atoms. The Hall–Kier alpha value is -4.08. The van der Waals surface area contributed by atoms with Crippen LogP contribution in [0.5, 0.6) is 11.6 Å². The van der Waals surface area contributed by atoms with Crippen LogP contribution in [0.15, 0.2) is 90.1 Å². The molecule has 0 amide bonds. The van der Waals surface area contributed by atoms with E-state index in [0.29, 0.717) is 50.8 Å². The molecule has 5 aromatic rings. The number of hydrogen-bond donors (Lipinski definition) is 0. The van der Waals surface area contributed by atoms with Crippen LogP contribution in [0.2, 0.25) is 4.34 Å². The van der Waals surface area contributed by atoms with Crippen LogP contribution in [0.4, 0.5) is 0 Å². The lowest BCUT2D eigenvalue weighted by Gasteiger charge is -2.13. The van der Waals surface area contributed by atoms with Crippen molar-refractivity contribution >= 4 is 28.7 Å². The monoisotopic (exact) mass is 503 g/mol. The van der Waals surface area contributed by atoms with E-state index in [4.69, 9.17) is 16.3 Å². The summed E-state index contributed by atoms with van der Waals surface area (Å²) in [6, 6.07) is 19.1. The van der Waals surface area contributed by atoms with Crippen molar-refractivity contribution in [1.29, 1.82) is 0 Å². The molecule has 0 unspecified atom stereocenters. The molecule has 0 radical (unpaired) electrons. The van der Waals surface area contributed by atoms with Crippen molar-refractivity contribution in [3.8, 4) is 23.0 Å². The second-order valence-corrected chi connectivity index (χ2v) is 9.23. The molecular weight excluding hydrogens is 486 g/mol. The maximum absolute atomic E-state index is 12.4. The highest BCUT2D eigenvalue weighted by Gasteiger charge is 2.15. The molecule has 0 aliphatic heterocycles. The van der Waals surface area contributed by atoms with Crippen LogP contribution in [-0.4, -0.2) is 30.3 Å². The third-order valence-electron chi connectivity index (χ3n) is 5.14. The van der Waals surface area contributed by atoms with E-state index in [-0.39, 0.29) is 11.3 Å². The maximum atomic E-state index is 12.4. The Bertz CT molecular complexity index is 1540. The summed E-state index contributed by atoms with van der Waals surface area (Å²) in [6.07, 6.45) is 5.80. The van der Waals surface area contributed by atoms with E-state index in [1.807, 2.05) is 6.07 Å². The van der Waals surface area contributed by atoms with Gasteiger partial charge in [-0.3, -0.25) is 14.2 Å². The van der Waals surface area contributed by atoms with E-state index in [1.165, 1.54) is 22.0 Å². The lowest BCUT2D eigenvalue weighted by molar-refractivity contribution is 0.0986. The number of ether oxygens (including phenoxy) is 1. The summed E-state index contributed by atoms with van der Waals surface area (Å²) in [4.78, 5) is 29.6. The van der Waals surface area contributed by atoms with Crippen molar-refractivity contribution in [2.75, 3.05) is 0 Å². The zero-order valence-electron chi connectivity index (χ0n) is 18.2. The summed E-state index contributed by atoms with van der Waals surface area (Å²) in [5.74, 6) is 0.845. The molecule has 0 saturated heterocycles. The van der Waals surface area contributed by atoms with Gasteiger partial charge in [0.25, 0.3) is 5.56 Å². The van der Waals surface area contributed by atoms with Gasteiger partial charge in [0.1, 0.15) is 5.69 Å². The van der Waals surface area contributed by atoms with Gasteiger partial charge in [-0.2, -0.15) is 0 Å². The number of aryl methyl sites for hydroxylation is 1. The summed E-state index contributed by atoms with van der Waals surface area (Å²) in [7, 11) is 0. The molecule has 35 heavy (non-hydrogen) atoms. The predicted molar refractivity (Wildman–Crippen MR) is 133 cm³/mol. The van der Waals surface area contributed by atoms with Gasteiger partial charge < -0.3 is 4.74 Å². The quantitative estimate of drug-likeness (QED) is 0.272. The molecule has 0 aliphatic rings. The first-order chi connectivity index (χ1) is 17.1. The van der Waals surface area contributed by atoms with Gasteiger partial charge in [0.15, 0.2) is 11.5 Å². The topological polar surface area (TPSA) is 91.9 Å². The van der Waals surface area contributed by atoms with Gasteiger partial charge in [-0.1, -0.05) is 28.9 Å². The molecule has 0 N–H and O–H groups in total. The number of halogens is 1. The lowest BCUT2D eigenvalue weighted by Crippen LogP contribution is -2.15. The molecule has 0 saturated carbocycles. The number of rotatable bonds is 8. The van der Waals surface area contributed by atoms with Gasteiger partial charge in [0.05, 0.1) is 26.8 Å². The number of pyridine rings is 2. The molecular formula is C25H18ClN5O3S. The van der Waals surface area contributed by atoms with E-state index in [0.717, 1.165) is 0 Å². The zero-order chi connectivity index (χ0) is 24.2. The second kappa shape index (κ2) is 10.0. The molecule has 8 nitrogen and oxygen atoms in total. The smallest absolute Gasteiger partial charge is 0.255 e. The highest BCUT2D eigenvalue weighted by molar-refractivity contribution is 7.18. The van der Waals surface area contributed by atoms with Crippen LogP contribution in [0.25, 0.3) is 11.4 Å². The lowest BCUT2D eigenvalue weighted by atomic mass is 10.1. The van der Waals surface area contributed by atoms with E-state index in [9.17, 15) is 9.59 Å². The van der Waals surface area contributed by atoms with Crippen molar-refractivity contribution in [3.05, 3.63) is 111 Å². The molecule has 0 fully saturated rings. The predicted octanol–water partition coefficient (Wildman–Crippen LogP) is 5.14. The van der Waals surface area contributed by atoms with Gasteiger partial charge in [-0.15, -0.1) is 16.4 Å². The number of carbonyl (C=O) groups is 1. The van der Waals surface area contributed by atoms with Gasteiger partial charge >= 0.3 is 0 Å². The van der Waals surface area contributed by atoms with Gasteiger partial charge in [0, 0.05) is 43.4 Å². The Kier molecular flexibility index (Phi) is 6.51. The first kappa shape index (κ1) is 22.7. The molecule has 4 aromatic heterocycles. The van der Waals surface area contributed by atoms with Crippen LogP contribution < -0.4 is 10.3 Å². The van der Waals surface area contributed by atoms with Gasteiger partial charge in [-0.25, -0.2) is 9.67 Å². The number of thiophene rings is 1. The number of ketones is 1. The van der Waals surface area contributed by atoms with Crippen LogP contribution in [0, 0.1) is 0 Å². The van der Waals surface area contributed by atoms with Crippen molar-refractivity contribution < 1.29 is 9.53 Å². The van der Waals surface area contributed by atoms with E-state index in [1.54, 1.807) is 77.9 Å². The molecule has 1 aromatic carbocycles. The molecule has 0 aliphatic carbocycles. The Balaban J connectivity index is 1.43. The first-order valence-electron chi connectivity index (χ1n) is 10.7. The minimum atomic E-state index is -0.163. The normalized spacial score (nSPS) is 10.9. The summed E-state index contributed by atoms with van der Waals surface area (Å²) >= 11 is 7.19. The molecule has 0 atom stereocenters. The maximum Gasteiger partial charge on any atom is 0.255 e. The standard InChI is InChI=1S/C25H18ClN5O3S/c26-23-12-11-22(35-23)20(32)10-7-17-16-31(29-28-17)19-9-8-18(30-14-4-2-6-25(30)33)15-21(19)34-24-5-1-3-13-27-24/h1-6,8-9,11-16H,7,10H2. The Morgan fingerprint density at radius 2 is 1.94 bits per heavy atom. The van der Waals surface area contributed by atoms with Gasteiger partial charge in [0.2, 0.25) is 5.88 Å². The van der Waals surface area contributed by atoms with E-state index in [2.05, 4.69) is 15.3 Å². The number of nitrogens with zero attached hydrogens (tertiary/aromatic N) is 5. The zero-order valence-corrected chi connectivity index (χ0v) is 19.8. The molecule has 10 heteroatoms. The second-order valence-electron chi connectivity index (χ2n) is 7.51. The molecule has 0 spiro atoms. The minimum absolute atomic E-state index is 0.00767. The highest BCUT2D eigenvalue weighted by Crippen LogP contribution is 2.29. The van der Waals surface area contributed by atoms with E-state index < -0.39 is 0 Å². The largest absolute Gasteiger partial charge is 0.437 e. The Morgan fingerprint density at radius 3 is 2.71 bits per heavy atom. The van der Waals surface area contributed by atoms with Crippen LogP contribution in [-0.2, 0) is 6.42 Å². The Morgan fingerprint density at radius 1 is 1.06 bits per heavy atom. The van der Waals surface area contributed by atoms with Gasteiger partial charge in [-0.05, 0) is 36.4 Å². The molecule has 5 rings (SSSR count). The summed E-state index contributed by atoms with van der Waals surface area (Å²) in [6.45, 7) is 0. The van der Waals surface area contributed by atoms with Crippen LogP contribution in [0.1, 0.15) is 21.8 Å². The summed E-state index contributed by atoms with van der Waals surface area (Å²) in [5, 5.41) is 8.45. The number of benzene rings is 1. The number of Topliss-reactive ketones (excluding diaryl/α,β-unsaturated/α-hetero) is 1. The first-order valence-corrected chi connectivity index (χ1v) is 11.9. The third-order valence-corrected chi connectivity index (χ3v) is 6.41. The van der Waals surface area contributed by atoms with Crippen LogP contribution in [0.3, 0.4) is 0 Å². The average molecular weight is 504 g/mol. The molecule has 4 heterocycles. The number of aromatic nitrogens is 5. The van der Waals surface area contributed by atoms with Crippen molar-refractivity contribution in [2.24, 2.45) is 0 Å². The highest BCUT2D eigenvalue weighted by atomic mass is 35.5. The SMILES string of the molecule is O=C(CCc1cn(-c2ccc(-n3ccccc3=O)cc2Oc2ccccn2)nn1)c1ccc(Cl)s1. The third kappa shape index (κ3) is 5.21. The fraction of sp³-hybridized carbons (Fsp3) is 0.0800. The molecule has 174 valence electrons. The van der Waals surface area contributed by atoms with Crippen LogP contribution >= 0.6 is 22.9 Å². The number of carbonyl (C=O) groups excluding carboxylic acids is 1. The number of hydrogen-bond acceptors (Lipinski definition) is 7. The van der Waals surface area contributed by atoms with Crippen molar-refractivity contribution in [1.82, 2.24) is 24.5 Å². The van der Waals surface area contributed by atoms with E-state index >= 15 is 0 Å². The fourth-order valence-corrected chi connectivity index (χ4v) is 4.45. The van der Waals surface area contributed by atoms with Crippen molar-refractivity contribution in [2.45, 2.75) is 12.8 Å². The summed E-state index contributed by atoms with van der Waals surface area (Å²) in [5.41, 5.74) is 1.74.